The normalized spacial score (nSPS) is 14.4. The standard InChI is InChI=1S/C39H54N6O7S/c1-24(2)18-33(34(46)19-26(5)36(47)44-35(25(3)4)39(50)41-23-31-16-12-13-17-40-31)43-38(49)30-20-29(21-32(22-30)45(7)53(8,51)52)37(48)42-27(6)28-14-10-9-11-15-28/h9-17,20-22,24-27,33-35,46H,18-19,23H2,1-8H3,(H,41,50)(H,42,48)(H,43,49)(H,44,47). The number of aliphatic hydroxyl groups excluding tert-OH is 1. The van der Waals surface area contributed by atoms with E-state index in [9.17, 15) is 32.7 Å². The first-order chi connectivity index (χ1) is 24.9. The van der Waals surface area contributed by atoms with Gasteiger partial charge in [0.2, 0.25) is 21.8 Å². The van der Waals surface area contributed by atoms with E-state index < -0.39 is 51.9 Å². The van der Waals surface area contributed by atoms with Gasteiger partial charge in [-0.15, -0.1) is 0 Å². The number of aliphatic hydroxyl groups is 1. The zero-order valence-electron chi connectivity index (χ0n) is 31.8. The number of benzene rings is 2. The van der Waals surface area contributed by atoms with Crippen molar-refractivity contribution in [3.05, 3.63) is 95.3 Å². The van der Waals surface area contributed by atoms with E-state index in [0.717, 1.165) is 16.1 Å². The van der Waals surface area contributed by atoms with Gasteiger partial charge in [-0.25, -0.2) is 8.42 Å². The van der Waals surface area contributed by atoms with Crippen LogP contribution in [-0.2, 0) is 26.2 Å². The van der Waals surface area contributed by atoms with Gasteiger partial charge < -0.3 is 26.4 Å². The van der Waals surface area contributed by atoms with Gasteiger partial charge in [-0.2, -0.15) is 0 Å². The summed E-state index contributed by atoms with van der Waals surface area (Å²) in [5.74, 6) is -2.84. The van der Waals surface area contributed by atoms with Crippen molar-refractivity contribution in [3.8, 4) is 0 Å². The molecule has 1 aromatic heterocycles. The fourth-order valence-corrected chi connectivity index (χ4v) is 6.17. The van der Waals surface area contributed by atoms with Crippen molar-refractivity contribution in [2.75, 3.05) is 17.6 Å². The fraction of sp³-hybridized carbons (Fsp3) is 0.462. The summed E-state index contributed by atoms with van der Waals surface area (Å²) in [5, 5.41) is 22.8. The Morgan fingerprint density at radius 2 is 1.40 bits per heavy atom. The highest BCUT2D eigenvalue weighted by atomic mass is 32.2. The van der Waals surface area contributed by atoms with Gasteiger partial charge >= 0.3 is 0 Å². The minimum atomic E-state index is -3.75. The highest BCUT2D eigenvalue weighted by molar-refractivity contribution is 7.92. The van der Waals surface area contributed by atoms with Crippen LogP contribution in [0.4, 0.5) is 5.69 Å². The molecule has 3 aromatic rings. The van der Waals surface area contributed by atoms with Crippen molar-refractivity contribution in [1.29, 1.82) is 0 Å². The van der Waals surface area contributed by atoms with Gasteiger partial charge in [0.25, 0.3) is 11.8 Å². The number of carbonyl (C=O) groups excluding carboxylic acids is 4. The molecule has 0 radical (unpaired) electrons. The van der Waals surface area contributed by atoms with Crippen molar-refractivity contribution < 1.29 is 32.7 Å². The molecule has 0 aliphatic carbocycles. The number of rotatable bonds is 18. The van der Waals surface area contributed by atoms with Gasteiger partial charge in [0.1, 0.15) is 6.04 Å². The van der Waals surface area contributed by atoms with E-state index in [2.05, 4.69) is 26.3 Å². The maximum atomic E-state index is 13.8. The van der Waals surface area contributed by atoms with Crippen LogP contribution in [0.1, 0.15) is 92.4 Å². The Bertz CT molecular complexity index is 1810. The maximum Gasteiger partial charge on any atom is 0.251 e. The molecule has 0 spiro atoms. The highest BCUT2D eigenvalue weighted by Gasteiger charge is 2.31. The molecule has 0 aliphatic rings. The molecule has 14 heteroatoms. The smallest absolute Gasteiger partial charge is 0.251 e. The van der Waals surface area contributed by atoms with Crippen molar-refractivity contribution in [1.82, 2.24) is 26.3 Å². The second-order valence-corrected chi connectivity index (χ2v) is 16.3. The van der Waals surface area contributed by atoms with Crippen LogP contribution in [0.5, 0.6) is 0 Å². The van der Waals surface area contributed by atoms with Crippen LogP contribution in [0.2, 0.25) is 0 Å². The molecule has 53 heavy (non-hydrogen) atoms. The van der Waals surface area contributed by atoms with Crippen molar-refractivity contribution in [2.45, 2.75) is 85.2 Å². The molecule has 2 aromatic carbocycles. The molecule has 5 N–H and O–H groups in total. The van der Waals surface area contributed by atoms with Gasteiger partial charge in [-0.1, -0.05) is 71.0 Å². The van der Waals surface area contributed by atoms with E-state index in [1.54, 1.807) is 25.3 Å². The first-order valence-electron chi connectivity index (χ1n) is 17.8. The molecule has 5 unspecified atom stereocenters. The van der Waals surface area contributed by atoms with Crippen LogP contribution in [0, 0.1) is 17.8 Å². The monoisotopic (exact) mass is 750 g/mol. The highest BCUT2D eigenvalue weighted by Crippen LogP contribution is 2.23. The number of nitrogens with zero attached hydrogens (tertiary/aromatic N) is 2. The van der Waals surface area contributed by atoms with Crippen molar-refractivity contribution in [2.24, 2.45) is 17.8 Å². The largest absolute Gasteiger partial charge is 0.391 e. The zero-order chi connectivity index (χ0) is 39.5. The summed E-state index contributed by atoms with van der Waals surface area (Å²) in [4.78, 5) is 57.8. The van der Waals surface area contributed by atoms with E-state index in [0.29, 0.717) is 12.1 Å². The number of aromatic nitrogens is 1. The Kier molecular flexibility index (Phi) is 15.5. The summed E-state index contributed by atoms with van der Waals surface area (Å²) in [6, 6.07) is 16.8. The number of hydrogen-bond acceptors (Lipinski definition) is 8. The Hall–Kier alpha value is -4.82. The molecule has 3 rings (SSSR count). The lowest BCUT2D eigenvalue weighted by atomic mass is 9.91. The van der Waals surface area contributed by atoms with Gasteiger partial charge in [0.05, 0.1) is 42.4 Å². The van der Waals surface area contributed by atoms with E-state index in [-0.39, 0.29) is 53.6 Å². The first kappa shape index (κ1) is 42.6. The Balaban J connectivity index is 1.78. The third-order valence-corrected chi connectivity index (χ3v) is 10.1. The van der Waals surface area contributed by atoms with Gasteiger partial charge in [-0.3, -0.25) is 28.5 Å². The number of pyridine rings is 1. The summed E-state index contributed by atoms with van der Waals surface area (Å²) in [5.41, 5.74) is 1.73. The van der Waals surface area contributed by atoms with Crippen molar-refractivity contribution >= 4 is 39.3 Å². The van der Waals surface area contributed by atoms with Crippen molar-refractivity contribution in [3.63, 3.8) is 0 Å². The van der Waals surface area contributed by atoms with E-state index >= 15 is 0 Å². The molecule has 0 fully saturated rings. The lowest BCUT2D eigenvalue weighted by Gasteiger charge is -2.29. The lowest BCUT2D eigenvalue weighted by Crippen LogP contribution is -2.51. The van der Waals surface area contributed by atoms with E-state index in [1.165, 1.54) is 25.2 Å². The summed E-state index contributed by atoms with van der Waals surface area (Å²) in [6.45, 7) is 11.2. The van der Waals surface area contributed by atoms with Crippen LogP contribution in [0.3, 0.4) is 0 Å². The Morgan fingerprint density at radius 3 is 1.94 bits per heavy atom. The number of carbonyl (C=O) groups is 4. The van der Waals surface area contributed by atoms with E-state index in [1.807, 2.05) is 71.0 Å². The number of amides is 4. The third-order valence-electron chi connectivity index (χ3n) is 8.92. The number of anilines is 1. The van der Waals surface area contributed by atoms with Crippen LogP contribution >= 0.6 is 0 Å². The minimum absolute atomic E-state index is 0.0127. The summed E-state index contributed by atoms with van der Waals surface area (Å²) in [6.07, 6.45) is 1.82. The van der Waals surface area contributed by atoms with Gasteiger partial charge in [-0.05, 0) is 67.5 Å². The quantitative estimate of drug-likeness (QED) is 0.129. The van der Waals surface area contributed by atoms with Crippen LogP contribution in [0.15, 0.2) is 72.9 Å². The summed E-state index contributed by atoms with van der Waals surface area (Å²) < 4.78 is 25.9. The molecular formula is C39H54N6O7S. The second-order valence-electron chi connectivity index (χ2n) is 14.3. The predicted octanol–water partition coefficient (Wildman–Crippen LogP) is 3.96. The van der Waals surface area contributed by atoms with Gasteiger partial charge in [0, 0.05) is 30.3 Å². The maximum absolute atomic E-state index is 13.8. The average molecular weight is 751 g/mol. The molecule has 0 bridgehead atoms. The fourth-order valence-electron chi connectivity index (χ4n) is 5.68. The molecule has 4 amide bonds. The average Bonchev–Trinajstić information content (AvgIpc) is 3.11. The third kappa shape index (κ3) is 13.0. The molecule has 288 valence electrons. The minimum Gasteiger partial charge on any atom is -0.391 e. The molecule has 0 saturated carbocycles. The molecule has 13 nitrogen and oxygen atoms in total. The number of hydrogen-bond donors (Lipinski definition) is 5. The zero-order valence-corrected chi connectivity index (χ0v) is 32.6. The number of sulfonamides is 1. The Labute approximate surface area is 313 Å². The number of nitrogens with one attached hydrogen (secondary N) is 4. The van der Waals surface area contributed by atoms with E-state index in [4.69, 9.17) is 0 Å². The molecule has 5 atom stereocenters. The Morgan fingerprint density at radius 1 is 0.792 bits per heavy atom. The summed E-state index contributed by atoms with van der Waals surface area (Å²) in [7, 11) is -2.43. The summed E-state index contributed by atoms with van der Waals surface area (Å²) >= 11 is 0. The SMILES string of the molecule is CC(C)CC(NC(=O)c1cc(C(=O)NC(C)c2ccccc2)cc(N(C)S(C)(=O)=O)c1)C(O)CC(C)C(=O)NC(C(=O)NCc1ccccn1)C(C)C. The van der Waals surface area contributed by atoms with Gasteiger partial charge in [0.15, 0.2) is 0 Å². The van der Waals surface area contributed by atoms with Crippen LogP contribution in [-0.4, -0.2) is 73.6 Å². The van der Waals surface area contributed by atoms with Crippen LogP contribution in [0.25, 0.3) is 0 Å². The molecule has 0 aliphatic heterocycles. The molecule has 1 heterocycles. The molecule has 0 saturated heterocycles. The predicted molar refractivity (Wildman–Crippen MR) is 205 cm³/mol. The topological polar surface area (TPSA) is 187 Å². The molecular weight excluding hydrogens is 697 g/mol. The lowest BCUT2D eigenvalue weighted by molar-refractivity contribution is -0.132. The second kappa shape index (κ2) is 19.3. The van der Waals surface area contributed by atoms with Crippen LogP contribution < -0.4 is 25.6 Å². The first-order valence-corrected chi connectivity index (χ1v) is 19.6.